The van der Waals surface area contributed by atoms with Crippen LogP contribution >= 0.6 is 0 Å². The fraction of sp³-hybridized carbons (Fsp3) is 0.227. The van der Waals surface area contributed by atoms with Crippen molar-refractivity contribution in [2.45, 2.75) is 31.6 Å². The van der Waals surface area contributed by atoms with Crippen molar-refractivity contribution in [3.05, 3.63) is 71.4 Å². The number of sulfonamides is 1. The van der Waals surface area contributed by atoms with Gasteiger partial charge in [-0.3, -0.25) is 0 Å². The van der Waals surface area contributed by atoms with E-state index in [-0.39, 0.29) is 11.8 Å². The van der Waals surface area contributed by atoms with Gasteiger partial charge in [0, 0.05) is 29.7 Å². The van der Waals surface area contributed by atoms with Crippen molar-refractivity contribution in [2.75, 3.05) is 10.6 Å². The van der Waals surface area contributed by atoms with E-state index in [1.165, 1.54) is 0 Å². The Morgan fingerprint density at radius 1 is 1.10 bits per heavy atom. The Kier molecular flexibility index (Phi) is 5.84. The number of nitriles is 1. The molecule has 0 radical (unpaired) electrons. The SMILES string of the molecule is Cc1cnc(Nc2ccc(C#N)cc2)nc1Nc1cccc(CNS(=O)(=O)C2CC2)c1. The number of anilines is 4. The second-order valence-corrected chi connectivity index (χ2v) is 9.48. The Balaban J connectivity index is 1.46. The molecule has 0 bridgehead atoms. The molecule has 1 fully saturated rings. The molecule has 1 aliphatic carbocycles. The zero-order chi connectivity index (χ0) is 21.8. The summed E-state index contributed by atoms with van der Waals surface area (Å²) in [6, 6.07) is 16.7. The van der Waals surface area contributed by atoms with Crippen LogP contribution in [0.1, 0.15) is 29.5 Å². The molecule has 1 saturated carbocycles. The third-order valence-corrected chi connectivity index (χ3v) is 6.77. The summed E-state index contributed by atoms with van der Waals surface area (Å²) in [4.78, 5) is 8.85. The Hall–Kier alpha value is -3.48. The van der Waals surface area contributed by atoms with Crippen LogP contribution in [0.2, 0.25) is 0 Å². The Labute approximate surface area is 181 Å². The molecule has 8 nitrogen and oxygen atoms in total. The van der Waals surface area contributed by atoms with Crippen LogP contribution in [0, 0.1) is 18.3 Å². The van der Waals surface area contributed by atoms with Gasteiger partial charge in [-0.1, -0.05) is 12.1 Å². The van der Waals surface area contributed by atoms with Gasteiger partial charge >= 0.3 is 0 Å². The number of hydrogen-bond donors (Lipinski definition) is 3. The summed E-state index contributed by atoms with van der Waals surface area (Å²) in [5.41, 5.74) is 3.88. The molecule has 0 unspecified atom stereocenters. The molecule has 158 valence electrons. The second-order valence-electron chi connectivity index (χ2n) is 7.43. The zero-order valence-corrected chi connectivity index (χ0v) is 17.8. The van der Waals surface area contributed by atoms with Crippen LogP contribution in [0.15, 0.2) is 54.7 Å². The first-order chi connectivity index (χ1) is 14.9. The summed E-state index contributed by atoms with van der Waals surface area (Å²) in [7, 11) is -3.22. The van der Waals surface area contributed by atoms with Gasteiger partial charge < -0.3 is 10.6 Å². The average Bonchev–Trinajstić information content (AvgIpc) is 3.62. The van der Waals surface area contributed by atoms with Crippen molar-refractivity contribution < 1.29 is 8.42 Å². The van der Waals surface area contributed by atoms with E-state index in [9.17, 15) is 8.42 Å². The molecule has 0 saturated heterocycles. The molecule has 9 heteroatoms. The summed E-state index contributed by atoms with van der Waals surface area (Å²) in [5.74, 6) is 1.06. The van der Waals surface area contributed by atoms with Crippen LogP contribution in [-0.2, 0) is 16.6 Å². The Morgan fingerprint density at radius 2 is 1.87 bits per heavy atom. The zero-order valence-electron chi connectivity index (χ0n) is 17.0. The number of aryl methyl sites for hydroxylation is 1. The molecule has 2 aromatic carbocycles. The maximum absolute atomic E-state index is 12.0. The molecule has 31 heavy (non-hydrogen) atoms. The molecular formula is C22H22N6O2S. The van der Waals surface area contributed by atoms with Gasteiger partial charge in [0.25, 0.3) is 0 Å². The van der Waals surface area contributed by atoms with Gasteiger partial charge in [0.05, 0.1) is 16.9 Å². The summed E-state index contributed by atoms with van der Waals surface area (Å²) in [6.07, 6.45) is 3.19. The van der Waals surface area contributed by atoms with Crippen LogP contribution in [0.3, 0.4) is 0 Å². The van der Waals surface area contributed by atoms with Crippen LogP contribution in [0.4, 0.5) is 23.1 Å². The maximum Gasteiger partial charge on any atom is 0.229 e. The smallest absolute Gasteiger partial charge is 0.229 e. The first-order valence-corrected chi connectivity index (χ1v) is 11.4. The molecule has 0 atom stereocenters. The summed E-state index contributed by atoms with van der Waals surface area (Å²) in [5, 5.41) is 15.1. The third-order valence-electron chi connectivity index (χ3n) is 4.87. The van der Waals surface area contributed by atoms with Gasteiger partial charge in [-0.05, 0) is 61.7 Å². The Morgan fingerprint density at radius 3 is 2.58 bits per heavy atom. The summed E-state index contributed by atoms with van der Waals surface area (Å²) < 4.78 is 26.8. The van der Waals surface area contributed by atoms with Crippen molar-refractivity contribution in [3.63, 3.8) is 0 Å². The highest BCUT2D eigenvalue weighted by atomic mass is 32.2. The Bertz CT molecular complexity index is 1230. The molecule has 1 aromatic heterocycles. The first-order valence-electron chi connectivity index (χ1n) is 9.88. The van der Waals surface area contributed by atoms with Crippen molar-refractivity contribution in [1.29, 1.82) is 5.26 Å². The lowest BCUT2D eigenvalue weighted by molar-refractivity contribution is 0.580. The van der Waals surface area contributed by atoms with E-state index in [1.54, 1.807) is 30.5 Å². The van der Waals surface area contributed by atoms with Gasteiger partial charge in [0.1, 0.15) is 5.82 Å². The van der Waals surface area contributed by atoms with E-state index in [1.807, 2.05) is 31.2 Å². The minimum Gasteiger partial charge on any atom is -0.340 e. The minimum absolute atomic E-state index is 0.237. The van der Waals surface area contributed by atoms with Gasteiger partial charge in [-0.25, -0.2) is 18.1 Å². The van der Waals surface area contributed by atoms with Crippen molar-refractivity contribution >= 4 is 33.2 Å². The molecule has 0 aliphatic heterocycles. The molecule has 3 N–H and O–H groups in total. The fourth-order valence-electron chi connectivity index (χ4n) is 2.96. The number of benzene rings is 2. The topological polar surface area (TPSA) is 120 Å². The minimum atomic E-state index is -3.22. The standard InChI is InChI=1S/C22H22N6O2S/c1-15-13-24-22(27-18-7-5-16(12-23)6-8-18)28-21(15)26-19-4-2-3-17(11-19)14-25-31(29,30)20-9-10-20/h2-8,11,13,20,25H,9-10,14H2,1H3,(H2,24,26,27,28). The van der Waals surface area contributed by atoms with Gasteiger partial charge in [-0.15, -0.1) is 0 Å². The predicted octanol–water partition coefficient (Wildman–Crippen LogP) is 3.73. The number of nitrogens with zero attached hydrogens (tertiary/aromatic N) is 3. The summed E-state index contributed by atoms with van der Waals surface area (Å²) >= 11 is 0. The van der Waals surface area contributed by atoms with Crippen LogP contribution in [0.5, 0.6) is 0 Å². The number of hydrogen-bond acceptors (Lipinski definition) is 7. The number of aromatic nitrogens is 2. The third kappa shape index (κ3) is 5.36. The van der Waals surface area contributed by atoms with Gasteiger partial charge in [0.2, 0.25) is 16.0 Å². The first kappa shape index (κ1) is 20.8. The number of rotatable bonds is 8. The molecular weight excluding hydrogens is 412 g/mol. The van der Waals surface area contributed by atoms with E-state index in [0.717, 1.165) is 35.3 Å². The highest BCUT2D eigenvalue weighted by molar-refractivity contribution is 7.90. The van der Waals surface area contributed by atoms with Gasteiger partial charge in [0.15, 0.2) is 0 Å². The quantitative estimate of drug-likeness (QED) is 0.494. The predicted molar refractivity (Wildman–Crippen MR) is 120 cm³/mol. The second kappa shape index (κ2) is 8.71. The average molecular weight is 435 g/mol. The maximum atomic E-state index is 12.0. The van der Waals surface area contributed by atoms with Crippen molar-refractivity contribution in [2.24, 2.45) is 0 Å². The highest BCUT2D eigenvalue weighted by Crippen LogP contribution is 2.28. The van der Waals surface area contributed by atoms with Crippen molar-refractivity contribution in [1.82, 2.24) is 14.7 Å². The monoisotopic (exact) mass is 434 g/mol. The molecule has 0 amide bonds. The lowest BCUT2D eigenvalue weighted by Crippen LogP contribution is -2.26. The van der Waals surface area contributed by atoms with E-state index in [2.05, 4.69) is 31.4 Å². The highest BCUT2D eigenvalue weighted by Gasteiger charge is 2.35. The van der Waals surface area contributed by atoms with Crippen LogP contribution in [-0.4, -0.2) is 23.6 Å². The lowest BCUT2D eigenvalue weighted by Gasteiger charge is -2.12. The van der Waals surface area contributed by atoms with Crippen LogP contribution < -0.4 is 15.4 Å². The van der Waals surface area contributed by atoms with E-state index in [0.29, 0.717) is 17.3 Å². The van der Waals surface area contributed by atoms with E-state index >= 15 is 0 Å². The fourth-order valence-corrected chi connectivity index (χ4v) is 4.32. The number of nitrogens with one attached hydrogen (secondary N) is 3. The largest absolute Gasteiger partial charge is 0.340 e. The molecule has 3 aromatic rings. The molecule has 1 heterocycles. The normalized spacial score (nSPS) is 13.4. The van der Waals surface area contributed by atoms with E-state index < -0.39 is 10.0 Å². The molecule has 4 rings (SSSR count). The van der Waals surface area contributed by atoms with Crippen molar-refractivity contribution in [3.8, 4) is 6.07 Å². The van der Waals surface area contributed by atoms with Gasteiger partial charge in [-0.2, -0.15) is 10.2 Å². The molecule has 0 spiro atoms. The molecule has 1 aliphatic rings. The summed E-state index contributed by atoms with van der Waals surface area (Å²) in [6.45, 7) is 2.16. The lowest BCUT2D eigenvalue weighted by atomic mass is 10.2. The van der Waals surface area contributed by atoms with E-state index in [4.69, 9.17) is 5.26 Å². The van der Waals surface area contributed by atoms with Crippen LogP contribution in [0.25, 0.3) is 0 Å².